The molecule has 21 heavy (non-hydrogen) atoms. The number of hydrogen-bond donors (Lipinski definition) is 0. The largest absolute Gasteiger partial charge is 0.497 e. The molecule has 0 amide bonds. The van der Waals surface area contributed by atoms with Crippen LogP contribution >= 0.6 is 23.2 Å². The number of benzene rings is 2. The van der Waals surface area contributed by atoms with Gasteiger partial charge in [0.15, 0.2) is 5.78 Å². The van der Waals surface area contributed by atoms with Crippen molar-refractivity contribution in [1.82, 2.24) is 0 Å². The van der Waals surface area contributed by atoms with Gasteiger partial charge < -0.3 is 9.47 Å². The molecule has 0 aromatic heterocycles. The molecule has 0 radical (unpaired) electrons. The molecule has 3 nitrogen and oxygen atoms in total. The van der Waals surface area contributed by atoms with Gasteiger partial charge in [0.2, 0.25) is 0 Å². The molecule has 2 aromatic rings. The van der Waals surface area contributed by atoms with Crippen LogP contribution in [-0.2, 0) is 6.42 Å². The highest BCUT2D eigenvalue weighted by molar-refractivity contribution is 6.42. The first kappa shape index (κ1) is 15.7. The Labute approximate surface area is 133 Å². The average molecular weight is 325 g/mol. The highest BCUT2D eigenvalue weighted by Crippen LogP contribution is 2.29. The van der Waals surface area contributed by atoms with E-state index >= 15 is 0 Å². The Bertz CT molecular complexity index is 669. The molecule has 0 saturated heterocycles. The van der Waals surface area contributed by atoms with Gasteiger partial charge in [-0.1, -0.05) is 35.3 Å². The number of hydrogen-bond acceptors (Lipinski definition) is 3. The molecule has 2 aromatic carbocycles. The van der Waals surface area contributed by atoms with Crippen molar-refractivity contribution in [3.05, 3.63) is 57.6 Å². The number of Topliss-reactive ketones (excluding diaryl/α,β-unsaturated/α-hetero) is 1. The normalized spacial score (nSPS) is 10.3. The zero-order chi connectivity index (χ0) is 15.4. The van der Waals surface area contributed by atoms with Gasteiger partial charge >= 0.3 is 0 Å². The van der Waals surface area contributed by atoms with Gasteiger partial charge in [0.25, 0.3) is 0 Å². The van der Waals surface area contributed by atoms with E-state index in [2.05, 4.69) is 0 Å². The van der Waals surface area contributed by atoms with E-state index in [0.29, 0.717) is 32.7 Å². The number of rotatable bonds is 5. The van der Waals surface area contributed by atoms with Crippen LogP contribution in [0.2, 0.25) is 10.0 Å². The van der Waals surface area contributed by atoms with Crippen molar-refractivity contribution in [3.8, 4) is 11.5 Å². The topological polar surface area (TPSA) is 35.5 Å². The summed E-state index contributed by atoms with van der Waals surface area (Å²) in [6.07, 6.45) is 0.155. The third-order valence-electron chi connectivity index (χ3n) is 3.09. The maximum absolute atomic E-state index is 12.4. The molecule has 5 heteroatoms. The van der Waals surface area contributed by atoms with E-state index in [1.165, 1.54) is 7.11 Å². The summed E-state index contributed by atoms with van der Waals surface area (Å²) in [5.74, 6) is 1.00. The van der Waals surface area contributed by atoms with Crippen LogP contribution < -0.4 is 9.47 Å². The van der Waals surface area contributed by atoms with Crippen LogP contribution in [0.1, 0.15) is 15.9 Å². The number of carbonyl (C=O) groups excluding carboxylic acids is 1. The first-order valence-electron chi connectivity index (χ1n) is 6.25. The Balaban J connectivity index is 2.30. The second kappa shape index (κ2) is 6.83. The lowest BCUT2D eigenvalue weighted by Crippen LogP contribution is -2.06. The molecule has 0 spiro atoms. The lowest BCUT2D eigenvalue weighted by molar-refractivity contribution is 0.0990. The maximum atomic E-state index is 12.4. The van der Waals surface area contributed by atoms with Gasteiger partial charge in [0, 0.05) is 12.5 Å². The SMILES string of the molecule is COc1ccc(C(=O)Cc2cccc(Cl)c2Cl)c(OC)c1. The average Bonchev–Trinajstić information content (AvgIpc) is 2.51. The molecule has 0 aliphatic heterocycles. The van der Waals surface area contributed by atoms with E-state index in [0.717, 1.165) is 0 Å². The summed E-state index contributed by atoms with van der Waals surface area (Å²) in [7, 11) is 3.07. The number of methoxy groups -OCH3 is 2. The molecule has 0 aliphatic carbocycles. The summed E-state index contributed by atoms with van der Waals surface area (Å²) in [4.78, 5) is 12.4. The molecule has 0 atom stereocenters. The Kier molecular flexibility index (Phi) is 5.10. The molecular formula is C16H14Cl2O3. The Hall–Kier alpha value is -1.71. The third-order valence-corrected chi connectivity index (χ3v) is 3.95. The van der Waals surface area contributed by atoms with Crippen LogP contribution in [0.3, 0.4) is 0 Å². The van der Waals surface area contributed by atoms with Crippen LogP contribution in [0.25, 0.3) is 0 Å². The van der Waals surface area contributed by atoms with E-state index in [9.17, 15) is 4.79 Å². The van der Waals surface area contributed by atoms with Gasteiger partial charge in [-0.15, -0.1) is 0 Å². The van der Waals surface area contributed by atoms with Gasteiger partial charge in [0.1, 0.15) is 11.5 Å². The van der Waals surface area contributed by atoms with Crippen LogP contribution in [0.4, 0.5) is 0 Å². The standard InChI is InChI=1S/C16H14Cl2O3/c1-20-11-6-7-12(15(9-11)21-2)14(19)8-10-4-3-5-13(17)16(10)18/h3-7,9H,8H2,1-2H3. The molecule has 0 unspecified atom stereocenters. The first-order valence-corrected chi connectivity index (χ1v) is 7.00. The van der Waals surface area contributed by atoms with Crippen LogP contribution in [0.5, 0.6) is 11.5 Å². The summed E-state index contributed by atoms with van der Waals surface area (Å²) in [6.45, 7) is 0. The van der Waals surface area contributed by atoms with E-state index in [4.69, 9.17) is 32.7 Å². The lowest BCUT2D eigenvalue weighted by Gasteiger charge is -2.10. The minimum atomic E-state index is -0.0985. The fraction of sp³-hybridized carbons (Fsp3) is 0.188. The van der Waals surface area contributed by atoms with Crippen molar-refractivity contribution in [1.29, 1.82) is 0 Å². The fourth-order valence-corrected chi connectivity index (χ4v) is 2.37. The van der Waals surface area contributed by atoms with Gasteiger partial charge in [0.05, 0.1) is 29.8 Å². The first-order chi connectivity index (χ1) is 10.1. The smallest absolute Gasteiger partial charge is 0.171 e. The van der Waals surface area contributed by atoms with Crippen molar-refractivity contribution in [3.63, 3.8) is 0 Å². The summed E-state index contributed by atoms with van der Waals surface area (Å²) >= 11 is 12.1. The zero-order valence-corrected chi connectivity index (χ0v) is 13.2. The highest BCUT2D eigenvalue weighted by Gasteiger charge is 2.16. The molecule has 0 fully saturated rings. The van der Waals surface area contributed by atoms with E-state index in [1.807, 2.05) is 0 Å². The lowest BCUT2D eigenvalue weighted by atomic mass is 10.0. The number of halogens is 2. The molecule has 0 aliphatic rings. The van der Waals surface area contributed by atoms with Gasteiger partial charge in [-0.05, 0) is 23.8 Å². The fourth-order valence-electron chi connectivity index (χ4n) is 1.98. The molecule has 110 valence electrons. The summed E-state index contributed by atoms with van der Waals surface area (Å²) in [6, 6.07) is 10.3. The molecular weight excluding hydrogens is 311 g/mol. The van der Waals surface area contributed by atoms with E-state index in [1.54, 1.807) is 43.5 Å². The summed E-state index contributed by atoms with van der Waals surface area (Å²) < 4.78 is 10.4. The predicted molar refractivity (Wildman–Crippen MR) is 84.0 cm³/mol. The Morgan fingerprint density at radius 2 is 1.86 bits per heavy atom. The second-order valence-corrected chi connectivity index (χ2v) is 5.16. The number of ketones is 1. The second-order valence-electron chi connectivity index (χ2n) is 4.38. The third kappa shape index (κ3) is 3.49. The molecule has 0 N–H and O–H groups in total. The van der Waals surface area contributed by atoms with Gasteiger partial charge in [-0.25, -0.2) is 0 Å². The molecule has 0 saturated carbocycles. The molecule has 2 rings (SSSR count). The van der Waals surface area contributed by atoms with E-state index in [-0.39, 0.29) is 12.2 Å². The van der Waals surface area contributed by atoms with Crippen LogP contribution in [0, 0.1) is 0 Å². The number of ether oxygens (including phenoxy) is 2. The maximum Gasteiger partial charge on any atom is 0.171 e. The van der Waals surface area contributed by atoms with Crippen molar-refractivity contribution in [2.75, 3.05) is 14.2 Å². The van der Waals surface area contributed by atoms with Crippen molar-refractivity contribution in [2.24, 2.45) is 0 Å². The highest BCUT2D eigenvalue weighted by atomic mass is 35.5. The van der Waals surface area contributed by atoms with Crippen LogP contribution in [0.15, 0.2) is 36.4 Å². The van der Waals surface area contributed by atoms with Crippen LogP contribution in [-0.4, -0.2) is 20.0 Å². The van der Waals surface area contributed by atoms with Crippen molar-refractivity contribution in [2.45, 2.75) is 6.42 Å². The summed E-state index contributed by atoms with van der Waals surface area (Å²) in [5.41, 5.74) is 1.17. The predicted octanol–water partition coefficient (Wildman–Crippen LogP) is 4.44. The Morgan fingerprint density at radius 3 is 2.52 bits per heavy atom. The number of carbonyl (C=O) groups is 1. The minimum absolute atomic E-state index is 0.0985. The van der Waals surface area contributed by atoms with Crippen molar-refractivity contribution < 1.29 is 14.3 Å². The van der Waals surface area contributed by atoms with Gasteiger partial charge in [-0.2, -0.15) is 0 Å². The molecule has 0 heterocycles. The van der Waals surface area contributed by atoms with Gasteiger partial charge in [-0.3, -0.25) is 4.79 Å². The minimum Gasteiger partial charge on any atom is -0.497 e. The van der Waals surface area contributed by atoms with Crippen molar-refractivity contribution >= 4 is 29.0 Å². The summed E-state index contributed by atoms with van der Waals surface area (Å²) in [5, 5.41) is 0.837. The molecule has 0 bridgehead atoms. The Morgan fingerprint density at radius 1 is 1.10 bits per heavy atom. The van der Waals surface area contributed by atoms with E-state index < -0.39 is 0 Å². The monoisotopic (exact) mass is 324 g/mol. The quantitative estimate of drug-likeness (QED) is 0.763. The zero-order valence-electron chi connectivity index (χ0n) is 11.7.